The molecule has 10 heteroatoms. The Bertz CT molecular complexity index is 1630. The van der Waals surface area contributed by atoms with E-state index in [1.54, 1.807) is 23.7 Å². The average molecular weight is 600 g/mol. The summed E-state index contributed by atoms with van der Waals surface area (Å²) in [6.45, 7) is 3.91. The van der Waals surface area contributed by atoms with E-state index in [1.165, 1.54) is 18.5 Å². The van der Waals surface area contributed by atoms with Crippen LogP contribution in [-0.4, -0.2) is 25.4 Å². The minimum atomic E-state index is -0.733. The second-order valence-electron chi connectivity index (χ2n) is 8.66. The van der Waals surface area contributed by atoms with Crippen molar-refractivity contribution in [3.63, 3.8) is 0 Å². The standard InChI is InChI=1S/C26H23F2IN6O/c1-4-17(25-32-19-7-5-13(2)9-20(19)33-25)34-26(36)15-11-21-24(30-12-35(21)3)22(28)23(15)31-18-8-6-14(29)10-16(18)27/h5-12,17,31H,4H2,1-3H3,(H,32,33)(H,34,36). The first-order valence-corrected chi connectivity index (χ1v) is 12.5. The number of fused-ring (bicyclic) bond motifs is 2. The molecule has 0 saturated heterocycles. The van der Waals surface area contributed by atoms with E-state index >= 15 is 4.39 Å². The highest BCUT2D eigenvalue weighted by Gasteiger charge is 2.25. The van der Waals surface area contributed by atoms with Gasteiger partial charge in [-0.2, -0.15) is 0 Å². The smallest absolute Gasteiger partial charge is 0.254 e. The first kappa shape index (κ1) is 24.2. The number of nitrogens with zero attached hydrogens (tertiary/aromatic N) is 3. The van der Waals surface area contributed by atoms with Crippen LogP contribution in [0.3, 0.4) is 0 Å². The lowest BCUT2D eigenvalue weighted by molar-refractivity contribution is 0.0934. The molecule has 5 aromatic rings. The molecule has 0 fully saturated rings. The fourth-order valence-corrected chi connectivity index (χ4v) is 4.60. The fourth-order valence-electron chi connectivity index (χ4n) is 4.15. The van der Waals surface area contributed by atoms with E-state index in [4.69, 9.17) is 0 Å². The van der Waals surface area contributed by atoms with Gasteiger partial charge >= 0.3 is 0 Å². The number of imidazole rings is 2. The van der Waals surface area contributed by atoms with E-state index in [-0.39, 0.29) is 22.5 Å². The summed E-state index contributed by atoms with van der Waals surface area (Å²) in [6, 6.07) is 11.5. The van der Waals surface area contributed by atoms with Gasteiger partial charge in [0, 0.05) is 10.6 Å². The zero-order valence-corrected chi connectivity index (χ0v) is 21.9. The normalized spacial score (nSPS) is 12.3. The van der Waals surface area contributed by atoms with E-state index in [9.17, 15) is 9.18 Å². The third-order valence-electron chi connectivity index (χ3n) is 6.10. The van der Waals surface area contributed by atoms with Crippen LogP contribution < -0.4 is 10.6 Å². The number of benzene rings is 3. The number of hydrogen-bond acceptors (Lipinski definition) is 4. The molecular formula is C26H23F2IN6O. The molecule has 0 aliphatic carbocycles. The quantitative estimate of drug-likeness (QED) is 0.201. The highest BCUT2D eigenvalue weighted by Crippen LogP contribution is 2.32. The maximum Gasteiger partial charge on any atom is 0.254 e. The van der Waals surface area contributed by atoms with Gasteiger partial charge < -0.3 is 20.2 Å². The maximum atomic E-state index is 15.7. The lowest BCUT2D eigenvalue weighted by Gasteiger charge is -2.18. The Hall–Kier alpha value is -3.54. The van der Waals surface area contributed by atoms with Gasteiger partial charge in [0.15, 0.2) is 5.82 Å². The number of carbonyl (C=O) groups is 1. The van der Waals surface area contributed by atoms with Crippen LogP contribution in [-0.2, 0) is 7.05 Å². The molecule has 0 radical (unpaired) electrons. The topological polar surface area (TPSA) is 87.6 Å². The highest BCUT2D eigenvalue weighted by molar-refractivity contribution is 14.1. The average Bonchev–Trinajstić information content (AvgIpc) is 3.43. The molecule has 0 bridgehead atoms. The summed E-state index contributed by atoms with van der Waals surface area (Å²) in [5, 5.41) is 5.75. The van der Waals surface area contributed by atoms with Gasteiger partial charge in [0.2, 0.25) is 0 Å². The second-order valence-corrected chi connectivity index (χ2v) is 9.91. The van der Waals surface area contributed by atoms with Crippen molar-refractivity contribution in [2.45, 2.75) is 26.3 Å². The van der Waals surface area contributed by atoms with Crippen LogP contribution in [0.15, 0.2) is 48.8 Å². The van der Waals surface area contributed by atoms with Crippen molar-refractivity contribution < 1.29 is 13.6 Å². The Kier molecular flexibility index (Phi) is 6.37. The molecule has 5 rings (SSSR count). The summed E-state index contributed by atoms with van der Waals surface area (Å²) < 4.78 is 32.6. The SMILES string of the molecule is CCC(NC(=O)c1cc2c(ncn2C)c(F)c1Nc1ccc(I)cc1F)c1nc2cc(C)ccc2[nH]1. The van der Waals surface area contributed by atoms with Crippen LogP contribution in [0.1, 0.15) is 41.1 Å². The van der Waals surface area contributed by atoms with Crippen molar-refractivity contribution in [1.29, 1.82) is 0 Å². The van der Waals surface area contributed by atoms with E-state index < -0.39 is 23.6 Å². The van der Waals surface area contributed by atoms with Gasteiger partial charge in [-0.05, 0) is 77.9 Å². The van der Waals surface area contributed by atoms with E-state index in [0.717, 1.165) is 16.6 Å². The molecule has 2 heterocycles. The lowest BCUT2D eigenvalue weighted by atomic mass is 10.1. The second kappa shape index (κ2) is 9.49. The summed E-state index contributed by atoms with van der Waals surface area (Å²) in [6.07, 6.45) is 2.02. The zero-order valence-electron chi connectivity index (χ0n) is 19.8. The fraction of sp³-hybridized carbons (Fsp3) is 0.192. The summed E-state index contributed by atoms with van der Waals surface area (Å²) in [5.41, 5.74) is 3.22. The highest BCUT2D eigenvalue weighted by atomic mass is 127. The molecule has 3 aromatic carbocycles. The molecule has 1 atom stereocenters. The minimum absolute atomic E-state index is 0.0342. The molecule has 0 aliphatic heterocycles. The van der Waals surface area contributed by atoms with Gasteiger partial charge in [-0.1, -0.05) is 13.0 Å². The first-order valence-electron chi connectivity index (χ1n) is 11.4. The van der Waals surface area contributed by atoms with Crippen LogP contribution in [0.4, 0.5) is 20.2 Å². The molecule has 0 saturated carbocycles. The lowest BCUT2D eigenvalue weighted by Crippen LogP contribution is -2.29. The maximum absolute atomic E-state index is 15.7. The van der Waals surface area contributed by atoms with Crippen LogP contribution >= 0.6 is 22.6 Å². The van der Waals surface area contributed by atoms with Gasteiger partial charge in [-0.25, -0.2) is 18.7 Å². The first-order chi connectivity index (χ1) is 17.2. The van der Waals surface area contributed by atoms with Crippen LogP contribution in [0.5, 0.6) is 0 Å². The number of rotatable bonds is 6. The molecule has 184 valence electrons. The Labute approximate surface area is 219 Å². The number of amides is 1. The molecule has 3 N–H and O–H groups in total. The van der Waals surface area contributed by atoms with E-state index in [0.29, 0.717) is 21.3 Å². The van der Waals surface area contributed by atoms with Crippen molar-refractivity contribution in [3.05, 3.63) is 80.9 Å². The number of anilines is 2. The molecule has 1 amide bonds. The van der Waals surface area contributed by atoms with Crippen molar-refractivity contribution >= 4 is 61.9 Å². The van der Waals surface area contributed by atoms with Gasteiger partial charge in [-0.15, -0.1) is 0 Å². The van der Waals surface area contributed by atoms with Crippen LogP contribution in [0, 0.1) is 22.1 Å². The van der Waals surface area contributed by atoms with Gasteiger partial charge in [0.25, 0.3) is 5.91 Å². The number of H-pyrrole nitrogens is 1. The zero-order chi connectivity index (χ0) is 25.6. The van der Waals surface area contributed by atoms with Gasteiger partial charge in [-0.3, -0.25) is 4.79 Å². The monoisotopic (exact) mass is 600 g/mol. The van der Waals surface area contributed by atoms with Crippen molar-refractivity contribution in [2.75, 3.05) is 5.32 Å². The summed E-state index contributed by atoms with van der Waals surface area (Å²) in [5.74, 6) is -1.21. The third-order valence-corrected chi connectivity index (χ3v) is 6.77. The number of carbonyl (C=O) groups excluding carboxylic acids is 1. The number of halogens is 3. The Morgan fingerprint density at radius 3 is 2.75 bits per heavy atom. The number of nitrogens with one attached hydrogen (secondary N) is 3. The molecule has 7 nitrogen and oxygen atoms in total. The number of aromatic nitrogens is 4. The largest absolute Gasteiger partial charge is 0.350 e. The molecular weight excluding hydrogens is 577 g/mol. The van der Waals surface area contributed by atoms with Gasteiger partial charge in [0.1, 0.15) is 17.2 Å². The number of aryl methyl sites for hydroxylation is 2. The predicted octanol–water partition coefficient (Wildman–Crippen LogP) is 6.27. The molecule has 0 spiro atoms. The molecule has 1 unspecified atom stereocenters. The Morgan fingerprint density at radius 1 is 1.19 bits per heavy atom. The molecule has 36 heavy (non-hydrogen) atoms. The van der Waals surface area contributed by atoms with Crippen LogP contribution in [0.2, 0.25) is 0 Å². The van der Waals surface area contributed by atoms with Crippen molar-refractivity contribution in [1.82, 2.24) is 24.8 Å². The third kappa shape index (κ3) is 4.41. The number of aromatic amines is 1. The molecule has 0 aliphatic rings. The molecule has 2 aromatic heterocycles. The van der Waals surface area contributed by atoms with Crippen molar-refractivity contribution in [3.8, 4) is 0 Å². The Morgan fingerprint density at radius 2 is 2.00 bits per heavy atom. The van der Waals surface area contributed by atoms with Crippen LogP contribution in [0.25, 0.3) is 22.1 Å². The number of hydrogen-bond donors (Lipinski definition) is 3. The van der Waals surface area contributed by atoms with E-state index in [1.807, 2.05) is 54.6 Å². The summed E-state index contributed by atoms with van der Waals surface area (Å²) >= 11 is 1.99. The van der Waals surface area contributed by atoms with Crippen molar-refractivity contribution in [2.24, 2.45) is 7.05 Å². The predicted molar refractivity (Wildman–Crippen MR) is 144 cm³/mol. The Balaban J connectivity index is 1.55. The van der Waals surface area contributed by atoms with E-state index in [2.05, 4.69) is 25.6 Å². The minimum Gasteiger partial charge on any atom is -0.350 e. The van der Waals surface area contributed by atoms with Gasteiger partial charge in [0.05, 0.1) is 45.9 Å². The summed E-state index contributed by atoms with van der Waals surface area (Å²) in [4.78, 5) is 25.6. The summed E-state index contributed by atoms with van der Waals surface area (Å²) in [7, 11) is 1.72.